The second kappa shape index (κ2) is 6.05. The first kappa shape index (κ1) is 14.5. The fourth-order valence-corrected chi connectivity index (χ4v) is 2.40. The van der Waals surface area contributed by atoms with Crippen molar-refractivity contribution in [2.45, 2.75) is 33.0 Å². The van der Waals surface area contributed by atoms with Crippen LogP contribution in [0.15, 0.2) is 24.3 Å². The van der Waals surface area contributed by atoms with Gasteiger partial charge in [0.15, 0.2) is 0 Å². The largest absolute Gasteiger partial charge is 0.426 e. The number of hydrogen-bond acceptors (Lipinski definition) is 4. The predicted octanol–water partition coefficient (Wildman–Crippen LogP) is 1.86. The van der Waals surface area contributed by atoms with E-state index in [1.807, 2.05) is 13.8 Å². The Hall–Kier alpha value is -1.88. The number of benzene rings is 1. The Morgan fingerprint density at radius 2 is 1.80 bits per heavy atom. The van der Waals surface area contributed by atoms with Gasteiger partial charge in [0.1, 0.15) is 5.75 Å². The van der Waals surface area contributed by atoms with Gasteiger partial charge < -0.3 is 14.4 Å². The predicted molar refractivity (Wildman–Crippen MR) is 73.7 cm³/mol. The first-order valence-corrected chi connectivity index (χ1v) is 6.69. The van der Waals surface area contributed by atoms with Crippen LogP contribution in [0.25, 0.3) is 0 Å². The van der Waals surface area contributed by atoms with E-state index < -0.39 is 5.97 Å². The third kappa shape index (κ3) is 3.36. The highest BCUT2D eigenvalue weighted by molar-refractivity contribution is 5.97. The highest BCUT2D eigenvalue weighted by atomic mass is 16.5. The Bertz CT molecular complexity index is 504. The Morgan fingerprint density at radius 1 is 1.20 bits per heavy atom. The quantitative estimate of drug-likeness (QED) is 0.611. The Labute approximate surface area is 118 Å². The first-order chi connectivity index (χ1) is 9.47. The third-order valence-corrected chi connectivity index (χ3v) is 3.08. The van der Waals surface area contributed by atoms with E-state index in [9.17, 15) is 9.59 Å². The van der Waals surface area contributed by atoms with Crippen molar-refractivity contribution in [3.63, 3.8) is 0 Å². The number of rotatable bonds is 2. The Morgan fingerprint density at radius 3 is 2.40 bits per heavy atom. The Balaban J connectivity index is 2.22. The molecular weight excluding hydrogens is 258 g/mol. The van der Waals surface area contributed by atoms with Crippen LogP contribution in [0, 0.1) is 0 Å². The molecule has 0 N–H and O–H groups in total. The normalized spacial score (nSPS) is 22.4. The van der Waals surface area contributed by atoms with Crippen molar-refractivity contribution in [3.8, 4) is 5.75 Å². The molecule has 0 bridgehead atoms. The molecular formula is C15H19NO4. The number of carbonyl (C=O) groups is 2. The van der Waals surface area contributed by atoms with Crippen LogP contribution in [-0.4, -0.2) is 42.1 Å². The summed E-state index contributed by atoms with van der Waals surface area (Å²) >= 11 is 0. The molecule has 2 rings (SSSR count). The Kier molecular flexibility index (Phi) is 4.39. The minimum absolute atomic E-state index is 0.00332. The summed E-state index contributed by atoms with van der Waals surface area (Å²) < 4.78 is 10.7. The van der Waals surface area contributed by atoms with Crippen molar-refractivity contribution in [3.05, 3.63) is 29.8 Å². The van der Waals surface area contributed by atoms with Crippen molar-refractivity contribution in [1.29, 1.82) is 0 Å². The van der Waals surface area contributed by atoms with Crippen LogP contribution in [0.3, 0.4) is 0 Å². The molecule has 0 radical (unpaired) electrons. The van der Waals surface area contributed by atoms with Crippen molar-refractivity contribution in [2.24, 2.45) is 0 Å². The lowest BCUT2D eigenvalue weighted by Crippen LogP contribution is -2.48. The molecule has 1 aliphatic rings. The average molecular weight is 277 g/mol. The van der Waals surface area contributed by atoms with Crippen LogP contribution < -0.4 is 4.74 Å². The van der Waals surface area contributed by atoms with Gasteiger partial charge in [0.2, 0.25) is 0 Å². The number of hydrogen-bond donors (Lipinski definition) is 0. The monoisotopic (exact) mass is 277 g/mol. The maximum absolute atomic E-state index is 12.6. The molecule has 2 atom stereocenters. The second-order valence-electron chi connectivity index (χ2n) is 5.06. The molecule has 0 unspecified atom stereocenters. The molecule has 1 amide bonds. The zero-order chi connectivity index (χ0) is 14.7. The third-order valence-electron chi connectivity index (χ3n) is 3.08. The molecule has 108 valence electrons. The first-order valence-electron chi connectivity index (χ1n) is 6.69. The summed E-state index contributed by atoms with van der Waals surface area (Å²) in [5.41, 5.74) is 0.406. The molecule has 0 saturated carbocycles. The highest BCUT2D eigenvalue weighted by Crippen LogP contribution is 2.22. The van der Waals surface area contributed by atoms with E-state index in [4.69, 9.17) is 9.47 Å². The van der Waals surface area contributed by atoms with Crippen molar-refractivity contribution in [1.82, 2.24) is 4.90 Å². The summed E-state index contributed by atoms with van der Waals surface area (Å²) in [6.45, 7) is 6.27. The van der Waals surface area contributed by atoms with Gasteiger partial charge in [0.25, 0.3) is 5.91 Å². The van der Waals surface area contributed by atoms with Gasteiger partial charge in [0, 0.05) is 20.0 Å². The maximum Gasteiger partial charge on any atom is 0.308 e. The van der Waals surface area contributed by atoms with Crippen LogP contribution in [0.4, 0.5) is 0 Å². The van der Waals surface area contributed by atoms with Gasteiger partial charge >= 0.3 is 5.97 Å². The van der Waals surface area contributed by atoms with Crippen LogP contribution >= 0.6 is 0 Å². The van der Waals surface area contributed by atoms with E-state index in [2.05, 4.69) is 0 Å². The van der Waals surface area contributed by atoms with Crippen LogP contribution in [0.2, 0.25) is 0 Å². The molecule has 1 aliphatic heterocycles. The summed E-state index contributed by atoms with van der Waals surface area (Å²) in [4.78, 5) is 25.4. The molecule has 1 saturated heterocycles. The number of amides is 1. The zero-order valence-corrected chi connectivity index (χ0v) is 12.0. The van der Waals surface area contributed by atoms with E-state index in [1.54, 1.807) is 29.2 Å². The number of morpholine rings is 1. The summed E-state index contributed by atoms with van der Waals surface area (Å²) in [7, 11) is 0. The van der Waals surface area contributed by atoms with Gasteiger partial charge in [-0.1, -0.05) is 12.1 Å². The highest BCUT2D eigenvalue weighted by Gasteiger charge is 2.28. The number of nitrogens with zero attached hydrogens (tertiary/aromatic N) is 1. The molecule has 0 aliphatic carbocycles. The van der Waals surface area contributed by atoms with Crippen LogP contribution in [0.1, 0.15) is 31.1 Å². The number of ether oxygens (including phenoxy) is 2. The topological polar surface area (TPSA) is 55.8 Å². The summed E-state index contributed by atoms with van der Waals surface area (Å²) in [6, 6.07) is 6.79. The molecule has 0 aromatic heterocycles. The summed E-state index contributed by atoms with van der Waals surface area (Å²) in [5.74, 6) is -0.269. The van der Waals surface area contributed by atoms with Gasteiger partial charge in [-0.3, -0.25) is 9.59 Å². The smallest absolute Gasteiger partial charge is 0.308 e. The SMILES string of the molecule is CC(=O)Oc1ccccc1C(=O)N1C[C@@H](C)O[C@H](C)C1. The number of esters is 1. The van der Waals surface area contributed by atoms with Crippen molar-refractivity contribution >= 4 is 11.9 Å². The van der Waals surface area contributed by atoms with Crippen molar-refractivity contribution in [2.75, 3.05) is 13.1 Å². The molecule has 1 heterocycles. The minimum atomic E-state index is -0.436. The maximum atomic E-state index is 12.6. The van der Waals surface area contributed by atoms with Crippen LogP contribution in [-0.2, 0) is 9.53 Å². The zero-order valence-electron chi connectivity index (χ0n) is 12.0. The average Bonchev–Trinajstić information content (AvgIpc) is 2.36. The van der Waals surface area contributed by atoms with E-state index >= 15 is 0 Å². The molecule has 20 heavy (non-hydrogen) atoms. The van der Waals surface area contributed by atoms with Gasteiger partial charge in [-0.05, 0) is 26.0 Å². The number of para-hydroxylation sites is 1. The standard InChI is InChI=1S/C15H19NO4/c1-10-8-16(9-11(2)19-10)15(18)13-6-4-5-7-14(13)20-12(3)17/h4-7,10-11H,8-9H2,1-3H3/t10-,11-/m1/s1. The fraction of sp³-hybridized carbons (Fsp3) is 0.467. The summed E-state index contributed by atoms with van der Waals surface area (Å²) in [6.07, 6.45) is 0.00664. The molecule has 0 spiro atoms. The van der Waals surface area contributed by atoms with E-state index in [1.165, 1.54) is 6.92 Å². The van der Waals surface area contributed by atoms with E-state index in [0.717, 1.165) is 0 Å². The lowest BCUT2D eigenvalue weighted by molar-refractivity contribution is -0.131. The lowest BCUT2D eigenvalue weighted by Gasteiger charge is -2.35. The van der Waals surface area contributed by atoms with Gasteiger partial charge in [0.05, 0.1) is 17.8 Å². The lowest BCUT2D eigenvalue weighted by atomic mass is 10.1. The fourth-order valence-electron chi connectivity index (χ4n) is 2.40. The minimum Gasteiger partial charge on any atom is -0.426 e. The molecule has 5 heteroatoms. The van der Waals surface area contributed by atoms with Gasteiger partial charge in [-0.15, -0.1) is 0 Å². The molecule has 1 fully saturated rings. The van der Waals surface area contributed by atoms with Crippen molar-refractivity contribution < 1.29 is 19.1 Å². The molecule has 1 aromatic carbocycles. The molecule has 5 nitrogen and oxygen atoms in total. The van der Waals surface area contributed by atoms with E-state index in [-0.39, 0.29) is 18.1 Å². The second-order valence-corrected chi connectivity index (χ2v) is 5.06. The summed E-state index contributed by atoms with van der Waals surface area (Å²) in [5, 5.41) is 0. The molecule has 1 aromatic rings. The van der Waals surface area contributed by atoms with Gasteiger partial charge in [-0.2, -0.15) is 0 Å². The number of carbonyl (C=O) groups excluding carboxylic acids is 2. The van der Waals surface area contributed by atoms with E-state index in [0.29, 0.717) is 24.4 Å². The van der Waals surface area contributed by atoms with Gasteiger partial charge in [-0.25, -0.2) is 0 Å². The van der Waals surface area contributed by atoms with Crippen LogP contribution in [0.5, 0.6) is 5.75 Å².